The molecule has 8 heteroatoms. The number of carbonyl (C=O) groups is 2. The van der Waals surface area contributed by atoms with E-state index in [1.165, 1.54) is 12.1 Å². The Kier molecular flexibility index (Phi) is 7.19. The van der Waals surface area contributed by atoms with Crippen molar-refractivity contribution < 1.29 is 18.4 Å². The first-order valence-electron chi connectivity index (χ1n) is 12.4. The van der Waals surface area contributed by atoms with Crippen molar-refractivity contribution in [3.8, 4) is 11.1 Å². The number of halogens is 2. The van der Waals surface area contributed by atoms with Gasteiger partial charge in [0.2, 0.25) is 11.8 Å². The van der Waals surface area contributed by atoms with E-state index in [0.29, 0.717) is 27.9 Å². The Morgan fingerprint density at radius 2 is 1.77 bits per heavy atom. The minimum Gasteiger partial charge on any atom is -0.366 e. The number of hydrogen-bond donors (Lipinski definition) is 3. The molecule has 0 bridgehead atoms. The number of primary amides is 1. The zero-order chi connectivity index (χ0) is 27.5. The van der Waals surface area contributed by atoms with Crippen LogP contribution in [0.1, 0.15) is 38.8 Å². The summed E-state index contributed by atoms with van der Waals surface area (Å²) >= 11 is 0. The number of fused-ring (bicyclic) bond motifs is 1. The number of hydrogen-bond acceptors (Lipinski definition) is 3. The molecule has 0 saturated heterocycles. The third kappa shape index (κ3) is 5.70. The second-order valence-electron chi connectivity index (χ2n) is 9.47. The summed E-state index contributed by atoms with van der Waals surface area (Å²) in [6.45, 7) is 1.99. The average molecular weight is 525 g/mol. The summed E-state index contributed by atoms with van der Waals surface area (Å²) in [5.74, 6) is -2.26. The summed E-state index contributed by atoms with van der Waals surface area (Å²) in [5.41, 5.74) is 10.8. The van der Waals surface area contributed by atoms with Gasteiger partial charge in [0.05, 0.1) is 18.2 Å². The van der Waals surface area contributed by atoms with Crippen LogP contribution in [0.15, 0.2) is 85.2 Å². The van der Waals surface area contributed by atoms with Gasteiger partial charge in [-0.05, 0) is 72.0 Å². The zero-order valence-corrected chi connectivity index (χ0v) is 21.2. The summed E-state index contributed by atoms with van der Waals surface area (Å²) in [4.78, 5) is 33.0. The van der Waals surface area contributed by atoms with Crippen LogP contribution in [0.2, 0.25) is 0 Å². The lowest BCUT2D eigenvalue weighted by Crippen LogP contribution is -2.32. The van der Waals surface area contributed by atoms with Crippen molar-refractivity contribution in [2.24, 2.45) is 5.73 Å². The van der Waals surface area contributed by atoms with Gasteiger partial charge in [-0.3, -0.25) is 14.6 Å². The molecule has 2 aromatic heterocycles. The van der Waals surface area contributed by atoms with Crippen molar-refractivity contribution in [1.82, 2.24) is 15.3 Å². The number of carbonyl (C=O) groups excluding carboxylic acids is 2. The number of nitrogens with one attached hydrogen (secondary N) is 2. The second-order valence-corrected chi connectivity index (χ2v) is 9.47. The maximum absolute atomic E-state index is 14.1. The molecular formula is C31H26F2N4O2. The molecular weight excluding hydrogens is 498 g/mol. The van der Waals surface area contributed by atoms with Crippen LogP contribution in [0, 0.1) is 18.6 Å². The number of H-pyrrole nitrogens is 1. The van der Waals surface area contributed by atoms with Gasteiger partial charge in [0.1, 0.15) is 11.6 Å². The number of aryl methyl sites for hydroxylation is 1. The van der Waals surface area contributed by atoms with Gasteiger partial charge in [-0.2, -0.15) is 0 Å². The Labute approximate surface area is 223 Å². The van der Waals surface area contributed by atoms with Crippen LogP contribution >= 0.6 is 0 Å². The normalized spacial score (nSPS) is 11.9. The molecule has 0 aliphatic heterocycles. The first-order valence-corrected chi connectivity index (χ1v) is 12.4. The molecule has 0 saturated carbocycles. The molecule has 5 rings (SSSR count). The Balaban J connectivity index is 1.52. The van der Waals surface area contributed by atoms with Crippen molar-refractivity contribution in [1.29, 1.82) is 0 Å². The van der Waals surface area contributed by atoms with E-state index in [0.717, 1.165) is 28.1 Å². The van der Waals surface area contributed by atoms with Gasteiger partial charge in [0, 0.05) is 40.5 Å². The van der Waals surface area contributed by atoms with Gasteiger partial charge in [-0.15, -0.1) is 0 Å². The molecule has 2 heterocycles. The molecule has 196 valence electrons. The Bertz CT molecular complexity index is 1680. The summed E-state index contributed by atoms with van der Waals surface area (Å²) in [6.07, 6.45) is 3.59. The summed E-state index contributed by atoms with van der Waals surface area (Å²) in [5, 5.41) is 4.02. The monoisotopic (exact) mass is 524 g/mol. The van der Waals surface area contributed by atoms with Crippen molar-refractivity contribution >= 4 is 22.7 Å². The van der Waals surface area contributed by atoms with Crippen molar-refractivity contribution in [2.45, 2.75) is 25.8 Å². The third-order valence-corrected chi connectivity index (χ3v) is 6.67. The molecule has 0 fully saturated rings. The summed E-state index contributed by atoms with van der Waals surface area (Å²) in [7, 11) is 0. The predicted molar refractivity (Wildman–Crippen MR) is 146 cm³/mol. The topological polar surface area (TPSA) is 101 Å². The SMILES string of the molecule is Cc1cccc2[nH]cc(CC(=O)NC(Cc3cc(F)cc(F)c3)c3ncccc3-c3cccc(C(N)=O)c3)c12. The number of benzene rings is 3. The molecule has 1 atom stereocenters. The highest BCUT2D eigenvalue weighted by Crippen LogP contribution is 2.30. The molecule has 0 spiro atoms. The molecule has 5 aromatic rings. The van der Waals surface area contributed by atoms with E-state index in [1.54, 1.807) is 30.5 Å². The maximum atomic E-state index is 14.1. The molecule has 1 unspecified atom stereocenters. The molecule has 0 aliphatic carbocycles. The number of aromatic amines is 1. The van der Waals surface area contributed by atoms with Gasteiger partial charge >= 0.3 is 0 Å². The quantitative estimate of drug-likeness (QED) is 0.248. The van der Waals surface area contributed by atoms with E-state index in [-0.39, 0.29) is 18.7 Å². The van der Waals surface area contributed by atoms with E-state index in [4.69, 9.17) is 5.73 Å². The van der Waals surface area contributed by atoms with E-state index < -0.39 is 23.6 Å². The lowest BCUT2D eigenvalue weighted by Gasteiger charge is -2.22. The second kappa shape index (κ2) is 10.9. The lowest BCUT2D eigenvalue weighted by atomic mass is 9.94. The number of pyridine rings is 1. The zero-order valence-electron chi connectivity index (χ0n) is 21.2. The average Bonchev–Trinajstić information content (AvgIpc) is 3.31. The molecule has 0 aliphatic rings. The van der Waals surface area contributed by atoms with Gasteiger partial charge in [-0.1, -0.05) is 30.3 Å². The molecule has 2 amide bonds. The highest BCUT2D eigenvalue weighted by Gasteiger charge is 2.22. The largest absolute Gasteiger partial charge is 0.366 e. The van der Waals surface area contributed by atoms with E-state index in [9.17, 15) is 18.4 Å². The van der Waals surface area contributed by atoms with Gasteiger partial charge < -0.3 is 16.0 Å². The van der Waals surface area contributed by atoms with Crippen molar-refractivity contribution in [2.75, 3.05) is 0 Å². The van der Waals surface area contributed by atoms with Crippen LogP contribution < -0.4 is 11.1 Å². The van der Waals surface area contributed by atoms with Gasteiger partial charge in [0.25, 0.3) is 0 Å². The number of nitrogens with zero attached hydrogens (tertiary/aromatic N) is 1. The van der Waals surface area contributed by atoms with Gasteiger partial charge in [-0.25, -0.2) is 8.78 Å². The fraction of sp³-hybridized carbons (Fsp3) is 0.129. The van der Waals surface area contributed by atoms with Crippen LogP contribution in [0.5, 0.6) is 0 Å². The van der Waals surface area contributed by atoms with Crippen molar-refractivity contribution in [3.05, 3.63) is 125 Å². The molecule has 6 nitrogen and oxygen atoms in total. The van der Waals surface area contributed by atoms with Crippen molar-refractivity contribution in [3.63, 3.8) is 0 Å². The van der Waals surface area contributed by atoms with Crippen LogP contribution in [-0.4, -0.2) is 21.8 Å². The Hall–Kier alpha value is -4.85. The number of aromatic nitrogens is 2. The third-order valence-electron chi connectivity index (χ3n) is 6.67. The van der Waals surface area contributed by atoms with Crippen LogP contribution in [0.3, 0.4) is 0 Å². The standard InChI is InChI=1S/C31H26F2N4O2/c1-18-5-2-9-26-29(18)22(17-36-26)15-28(38)37-27(13-19-11-23(32)16-24(33)12-19)30-25(8-4-10-35-30)20-6-3-7-21(14-20)31(34)39/h2-12,14,16-17,27,36H,13,15H2,1H3,(H2,34,39)(H,37,38). The minimum absolute atomic E-state index is 0.0901. The molecule has 3 aromatic carbocycles. The minimum atomic E-state index is -0.724. The molecule has 39 heavy (non-hydrogen) atoms. The molecule has 4 N–H and O–H groups in total. The summed E-state index contributed by atoms with van der Waals surface area (Å²) < 4.78 is 28.1. The van der Waals surface area contributed by atoms with E-state index in [2.05, 4.69) is 15.3 Å². The first kappa shape index (κ1) is 25.8. The predicted octanol–water partition coefficient (Wildman–Crippen LogP) is 5.56. The fourth-order valence-corrected chi connectivity index (χ4v) is 4.97. The number of nitrogens with two attached hydrogens (primary N) is 1. The van der Waals surface area contributed by atoms with Gasteiger partial charge in [0.15, 0.2) is 0 Å². The Morgan fingerprint density at radius 3 is 2.54 bits per heavy atom. The van der Waals surface area contributed by atoms with Crippen LogP contribution in [0.25, 0.3) is 22.0 Å². The van der Waals surface area contributed by atoms with Crippen LogP contribution in [-0.2, 0) is 17.6 Å². The van der Waals surface area contributed by atoms with Crippen LogP contribution in [0.4, 0.5) is 8.78 Å². The number of amides is 2. The number of rotatable bonds is 8. The lowest BCUT2D eigenvalue weighted by molar-refractivity contribution is -0.121. The van der Waals surface area contributed by atoms with E-state index in [1.807, 2.05) is 43.5 Å². The smallest absolute Gasteiger partial charge is 0.248 e. The molecule has 0 radical (unpaired) electrons. The first-order chi connectivity index (χ1) is 18.8. The highest BCUT2D eigenvalue weighted by molar-refractivity contribution is 5.94. The van der Waals surface area contributed by atoms with E-state index >= 15 is 0 Å². The fourth-order valence-electron chi connectivity index (χ4n) is 4.97. The highest BCUT2D eigenvalue weighted by atomic mass is 19.1. The Morgan fingerprint density at radius 1 is 1.00 bits per heavy atom. The summed E-state index contributed by atoms with van der Waals surface area (Å²) in [6, 6.07) is 18.8. The maximum Gasteiger partial charge on any atom is 0.248 e.